The molecule has 6 heteroatoms. The fourth-order valence-electron chi connectivity index (χ4n) is 3.11. The molecule has 5 nitrogen and oxygen atoms in total. The number of sulfonamides is 1. The van der Waals surface area contributed by atoms with Crippen LogP contribution in [0.3, 0.4) is 0 Å². The predicted octanol–water partition coefficient (Wildman–Crippen LogP) is 4.56. The molecular formula is C23H20N2O3S. The lowest BCUT2D eigenvalue weighted by Crippen LogP contribution is -2.11. The first-order chi connectivity index (χ1) is 13.9. The summed E-state index contributed by atoms with van der Waals surface area (Å²) in [4.78, 5) is 4.78. The number of primary sulfonamides is 1. The minimum Gasteiger partial charge on any atom is -0.440 e. The molecule has 0 bridgehead atoms. The zero-order valence-electron chi connectivity index (χ0n) is 15.9. The quantitative estimate of drug-likeness (QED) is 0.528. The summed E-state index contributed by atoms with van der Waals surface area (Å²) in [7, 11) is -3.75. The number of oxazole rings is 1. The van der Waals surface area contributed by atoms with E-state index in [9.17, 15) is 8.42 Å². The summed E-state index contributed by atoms with van der Waals surface area (Å²) in [6.07, 6.45) is 0.564. The third-order valence-corrected chi connectivity index (χ3v) is 5.57. The molecule has 0 aliphatic heterocycles. The molecule has 2 N–H and O–H groups in total. The van der Waals surface area contributed by atoms with Crippen LogP contribution in [-0.4, -0.2) is 13.4 Å². The van der Waals surface area contributed by atoms with Crippen LogP contribution >= 0.6 is 0 Å². The van der Waals surface area contributed by atoms with Crippen molar-refractivity contribution in [2.24, 2.45) is 5.14 Å². The van der Waals surface area contributed by atoms with Crippen LogP contribution in [0.25, 0.3) is 22.6 Å². The number of aryl methyl sites for hydroxylation is 1. The van der Waals surface area contributed by atoms with Gasteiger partial charge >= 0.3 is 0 Å². The number of benzene rings is 3. The van der Waals surface area contributed by atoms with Crippen molar-refractivity contribution >= 4 is 10.0 Å². The summed E-state index contributed by atoms with van der Waals surface area (Å²) in [5.74, 6) is 1.25. The highest BCUT2D eigenvalue weighted by Crippen LogP contribution is 2.34. The van der Waals surface area contributed by atoms with Gasteiger partial charge in [0.05, 0.1) is 4.90 Å². The minimum atomic E-state index is -3.75. The SMILES string of the molecule is Cc1ccc(-c2oc(Cc3ccccc3)nc2-c2ccc(S(N)(=O)=O)cc2)cc1. The molecule has 0 spiro atoms. The van der Waals surface area contributed by atoms with Crippen LogP contribution in [0.5, 0.6) is 0 Å². The highest BCUT2D eigenvalue weighted by atomic mass is 32.2. The number of nitrogens with zero attached hydrogens (tertiary/aromatic N) is 1. The van der Waals surface area contributed by atoms with Crippen LogP contribution < -0.4 is 5.14 Å². The highest BCUT2D eigenvalue weighted by molar-refractivity contribution is 7.89. The second-order valence-electron chi connectivity index (χ2n) is 6.88. The molecule has 0 saturated heterocycles. The van der Waals surface area contributed by atoms with Crippen molar-refractivity contribution in [1.82, 2.24) is 4.98 Å². The average molecular weight is 404 g/mol. The standard InChI is InChI=1S/C23H20N2O3S/c1-16-7-9-19(10-8-16)23-22(18-11-13-20(14-12-18)29(24,26)27)25-21(28-23)15-17-5-3-2-4-6-17/h2-14H,15H2,1H3,(H2,24,26,27). The van der Waals surface area contributed by atoms with Crippen molar-refractivity contribution in [3.8, 4) is 22.6 Å². The van der Waals surface area contributed by atoms with Crippen molar-refractivity contribution < 1.29 is 12.8 Å². The Morgan fingerprint density at radius 1 is 0.862 bits per heavy atom. The van der Waals surface area contributed by atoms with Gasteiger partial charge in [0.2, 0.25) is 10.0 Å². The molecule has 146 valence electrons. The van der Waals surface area contributed by atoms with E-state index in [2.05, 4.69) is 0 Å². The number of hydrogen-bond donors (Lipinski definition) is 1. The van der Waals surface area contributed by atoms with Gasteiger partial charge in [-0.3, -0.25) is 0 Å². The van der Waals surface area contributed by atoms with Crippen molar-refractivity contribution in [3.63, 3.8) is 0 Å². The zero-order chi connectivity index (χ0) is 20.4. The predicted molar refractivity (Wildman–Crippen MR) is 113 cm³/mol. The maximum Gasteiger partial charge on any atom is 0.238 e. The summed E-state index contributed by atoms with van der Waals surface area (Å²) in [5, 5.41) is 5.21. The van der Waals surface area contributed by atoms with Crippen LogP contribution in [0, 0.1) is 6.92 Å². The molecule has 0 aliphatic carbocycles. The number of aromatic nitrogens is 1. The Bertz CT molecular complexity index is 1230. The topological polar surface area (TPSA) is 86.2 Å². The molecule has 4 aromatic rings. The Morgan fingerprint density at radius 3 is 2.10 bits per heavy atom. The summed E-state index contributed by atoms with van der Waals surface area (Å²) in [5.41, 5.74) is 4.59. The van der Waals surface area contributed by atoms with Crippen LogP contribution in [0.1, 0.15) is 17.0 Å². The van der Waals surface area contributed by atoms with E-state index in [4.69, 9.17) is 14.5 Å². The van der Waals surface area contributed by atoms with E-state index in [1.54, 1.807) is 12.1 Å². The van der Waals surface area contributed by atoms with Crippen LogP contribution in [0.15, 0.2) is 88.2 Å². The van der Waals surface area contributed by atoms with Gasteiger partial charge in [-0.05, 0) is 24.6 Å². The van der Waals surface area contributed by atoms with Gasteiger partial charge in [-0.25, -0.2) is 18.5 Å². The summed E-state index contributed by atoms with van der Waals surface area (Å²) < 4.78 is 29.2. The Hall–Kier alpha value is -3.22. The molecule has 0 unspecified atom stereocenters. The van der Waals surface area contributed by atoms with Crippen molar-refractivity contribution in [1.29, 1.82) is 0 Å². The molecule has 1 heterocycles. The molecular weight excluding hydrogens is 384 g/mol. The van der Waals surface area contributed by atoms with E-state index in [-0.39, 0.29) is 4.90 Å². The van der Waals surface area contributed by atoms with E-state index in [1.165, 1.54) is 12.1 Å². The van der Waals surface area contributed by atoms with Gasteiger partial charge in [-0.15, -0.1) is 0 Å². The van der Waals surface area contributed by atoms with Crippen molar-refractivity contribution in [2.45, 2.75) is 18.2 Å². The Balaban J connectivity index is 1.79. The first kappa shape index (κ1) is 19.1. The number of hydrogen-bond acceptors (Lipinski definition) is 4. The van der Waals surface area contributed by atoms with Gasteiger partial charge in [-0.1, -0.05) is 72.3 Å². The average Bonchev–Trinajstić information content (AvgIpc) is 3.12. The zero-order valence-corrected chi connectivity index (χ0v) is 16.7. The maximum atomic E-state index is 11.6. The van der Waals surface area contributed by atoms with E-state index < -0.39 is 10.0 Å². The molecule has 4 rings (SSSR count). The van der Waals surface area contributed by atoms with Crippen LogP contribution in [0.4, 0.5) is 0 Å². The summed E-state index contributed by atoms with van der Waals surface area (Å²) in [6, 6.07) is 24.3. The monoisotopic (exact) mass is 404 g/mol. The molecule has 3 aromatic carbocycles. The van der Waals surface area contributed by atoms with Gasteiger partial charge in [0.15, 0.2) is 11.7 Å². The molecule has 0 atom stereocenters. The minimum absolute atomic E-state index is 0.0612. The fourth-order valence-corrected chi connectivity index (χ4v) is 3.62. The third-order valence-electron chi connectivity index (χ3n) is 4.64. The molecule has 0 saturated carbocycles. The van der Waals surface area contributed by atoms with Gasteiger partial charge in [0, 0.05) is 17.5 Å². The second-order valence-corrected chi connectivity index (χ2v) is 8.44. The largest absolute Gasteiger partial charge is 0.440 e. The third kappa shape index (κ3) is 4.29. The summed E-state index contributed by atoms with van der Waals surface area (Å²) >= 11 is 0. The Morgan fingerprint density at radius 2 is 1.48 bits per heavy atom. The van der Waals surface area contributed by atoms with Gasteiger partial charge in [-0.2, -0.15) is 0 Å². The number of nitrogens with two attached hydrogens (primary N) is 1. The molecule has 0 aliphatic rings. The van der Waals surface area contributed by atoms with Gasteiger partial charge < -0.3 is 4.42 Å². The van der Waals surface area contributed by atoms with Gasteiger partial charge in [0.1, 0.15) is 5.69 Å². The van der Waals surface area contributed by atoms with Crippen molar-refractivity contribution in [2.75, 3.05) is 0 Å². The van der Waals surface area contributed by atoms with E-state index >= 15 is 0 Å². The molecule has 0 amide bonds. The smallest absolute Gasteiger partial charge is 0.238 e. The Kier molecular flexibility index (Phi) is 5.05. The van der Waals surface area contributed by atoms with E-state index in [1.807, 2.05) is 61.5 Å². The fraction of sp³-hybridized carbons (Fsp3) is 0.0870. The Labute approximate surface area is 169 Å². The molecule has 1 aromatic heterocycles. The van der Waals surface area contributed by atoms with Crippen molar-refractivity contribution in [3.05, 3.63) is 95.9 Å². The lowest BCUT2D eigenvalue weighted by Gasteiger charge is -2.03. The highest BCUT2D eigenvalue weighted by Gasteiger charge is 2.18. The second kappa shape index (κ2) is 7.66. The lowest BCUT2D eigenvalue weighted by molar-refractivity contribution is 0.519. The van der Waals surface area contributed by atoms with Crippen LogP contribution in [0.2, 0.25) is 0 Å². The van der Waals surface area contributed by atoms with E-state index in [0.717, 1.165) is 22.3 Å². The van der Waals surface area contributed by atoms with E-state index in [0.29, 0.717) is 23.8 Å². The molecule has 0 radical (unpaired) electrons. The summed E-state index contributed by atoms with van der Waals surface area (Å²) in [6.45, 7) is 2.03. The van der Waals surface area contributed by atoms with Crippen LogP contribution in [-0.2, 0) is 16.4 Å². The number of rotatable bonds is 5. The lowest BCUT2D eigenvalue weighted by atomic mass is 10.0. The first-order valence-corrected chi connectivity index (χ1v) is 10.7. The molecule has 0 fully saturated rings. The van der Waals surface area contributed by atoms with Gasteiger partial charge in [0.25, 0.3) is 0 Å². The maximum absolute atomic E-state index is 11.6. The first-order valence-electron chi connectivity index (χ1n) is 9.14. The normalized spacial score (nSPS) is 11.5. The molecule has 29 heavy (non-hydrogen) atoms.